The van der Waals surface area contributed by atoms with E-state index < -0.39 is 0 Å². The van der Waals surface area contributed by atoms with Crippen molar-refractivity contribution in [3.05, 3.63) is 0 Å². The molecule has 1 aliphatic heterocycles. The van der Waals surface area contributed by atoms with E-state index in [4.69, 9.17) is 11.6 Å². The lowest BCUT2D eigenvalue weighted by Crippen LogP contribution is -2.33. The number of rotatable bonds is 4. The molecule has 0 spiro atoms. The van der Waals surface area contributed by atoms with Crippen molar-refractivity contribution < 1.29 is 0 Å². The van der Waals surface area contributed by atoms with E-state index in [0.717, 1.165) is 11.9 Å². The highest BCUT2D eigenvalue weighted by Crippen LogP contribution is 2.15. The van der Waals surface area contributed by atoms with Gasteiger partial charge < -0.3 is 4.90 Å². The lowest BCUT2D eigenvalue weighted by molar-refractivity contribution is 0.206. The van der Waals surface area contributed by atoms with Crippen molar-refractivity contribution in [2.75, 3.05) is 19.0 Å². The number of hydrogen-bond donors (Lipinski definition) is 0. The predicted molar refractivity (Wildman–Crippen MR) is 59.5 cm³/mol. The second-order valence-corrected chi connectivity index (χ2v) is 4.51. The van der Waals surface area contributed by atoms with Gasteiger partial charge in [0.05, 0.1) is 0 Å². The van der Waals surface area contributed by atoms with E-state index in [0.29, 0.717) is 0 Å². The van der Waals surface area contributed by atoms with Crippen molar-refractivity contribution in [2.24, 2.45) is 0 Å². The number of halogens is 1. The van der Waals surface area contributed by atoms with Crippen molar-refractivity contribution in [3.8, 4) is 0 Å². The molecule has 0 aromatic heterocycles. The Morgan fingerprint density at radius 3 is 2.31 bits per heavy atom. The van der Waals surface area contributed by atoms with E-state index in [1.54, 1.807) is 0 Å². The van der Waals surface area contributed by atoms with E-state index in [1.165, 1.54) is 51.6 Å². The zero-order chi connectivity index (χ0) is 9.52. The Balaban J connectivity index is 2.22. The Hall–Kier alpha value is 0.250. The average molecular weight is 204 g/mol. The van der Waals surface area contributed by atoms with Gasteiger partial charge in [-0.3, -0.25) is 0 Å². The third kappa shape index (κ3) is 4.33. The largest absolute Gasteiger partial charge is 0.301 e. The van der Waals surface area contributed by atoms with Gasteiger partial charge in [-0.2, -0.15) is 0 Å². The molecule has 1 heterocycles. The summed E-state index contributed by atoms with van der Waals surface area (Å²) in [5.41, 5.74) is 0. The maximum Gasteiger partial charge on any atom is 0.0224 e. The van der Waals surface area contributed by atoms with Crippen molar-refractivity contribution in [1.82, 2.24) is 4.90 Å². The third-order valence-electron chi connectivity index (χ3n) is 3.02. The molecule has 0 aromatic rings. The molecular formula is C11H22ClN. The summed E-state index contributed by atoms with van der Waals surface area (Å²) in [4.78, 5) is 2.64. The molecule has 0 N–H and O–H groups in total. The normalized spacial score (nSPS) is 22.6. The van der Waals surface area contributed by atoms with Gasteiger partial charge in [0.25, 0.3) is 0 Å². The molecule has 2 heteroatoms. The predicted octanol–water partition coefficient (Wildman–Crippen LogP) is 3.27. The van der Waals surface area contributed by atoms with Gasteiger partial charge in [0.2, 0.25) is 0 Å². The van der Waals surface area contributed by atoms with Crippen LogP contribution in [0.1, 0.15) is 45.4 Å². The summed E-state index contributed by atoms with van der Waals surface area (Å²) in [6, 6.07) is 0.747. The van der Waals surface area contributed by atoms with E-state index in [9.17, 15) is 0 Å². The summed E-state index contributed by atoms with van der Waals surface area (Å²) in [6.45, 7) is 4.96. The number of likely N-dealkylation sites (tertiary alicyclic amines) is 1. The van der Waals surface area contributed by atoms with Crippen LogP contribution in [0.25, 0.3) is 0 Å². The highest BCUT2D eigenvalue weighted by molar-refractivity contribution is 6.17. The van der Waals surface area contributed by atoms with Crippen LogP contribution in [0.5, 0.6) is 0 Å². The molecule has 1 aliphatic rings. The van der Waals surface area contributed by atoms with Crippen molar-refractivity contribution >= 4 is 11.6 Å². The minimum absolute atomic E-state index is 0.747. The minimum Gasteiger partial charge on any atom is -0.301 e. The fourth-order valence-corrected chi connectivity index (χ4v) is 2.25. The Morgan fingerprint density at radius 1 is 1.15 bits per heavy atom. The first kappa shape index (κ1) is 11.3. The zero-order valence-corrected chi connectivity index (χ0v) is 9.52. The lowest BCUT2D eigenvalue weighted by Gasteiger charge is -2.27. The Kier molecular flexibility index (Phi) is 5.81. The summed E-state index contributed by atoms with van der Waals surface area (Å²) in [5.74, 6) is 0.818. The van der Waals surface area contributed by atoms with Crippen LogP contribution in [0.3, 0.4) is 0 Å². The first-order valence-electron chi connectivity index (χ1n) is 5.64. The van der Waals surface area contributed by atoms with Crippen LogP contribution in [0.4, 0.5) is 0 Å². The van der Waals surface area contributed by atoms with Gasteiger partial charge in [0, 0.05) is 11.9 Å². The molecule has 1 unspecified atom stereocenters. The molecule has 1 fully saturated rings. The summed E-state index contributed by atoms with van der Waals surface area (Å²) in [6.07, 6.45) is 8.08. The fraction of sp³-hybridized carbons (Fsp3) is 1.00. The number of alkyl halides is 1. The zero-order valence-electron chi connectivity index (χ0n) is 8.77. The SMILES string of the molecule is CC(CCCCl)N1CCCCCC1. The Bertz CT molecular complexity index is 119. The summed E-state index contributed by atoms with van der Waals surface area (Å²) < 4.78 is 0. The fourth-order valence-electron chi connectivity index (χ4n) is 2.09. The average Bonchev–Trinajstić information content (AvgIpc) is 2.42. The minimum atomic E-state index is 0.747. The van der Waals surface area contributed by atoms with Crippen LogP contribution in [-0.4, -0.2) is 29.9 Å². The van der Waals surface area contributed by atoms with E-state index in [-0.39, 0.29) is 0 Å². The van der Waals surface area contributed by atoms with Gasteiger partial charge in [-0.05, 0) is 45.7 Å². The second-order valence-electron chi connectivity index (χ2n) is 4.13. The Morgan fingerprint density at radius 2 is 1.77 bits per heavy atom. The number of nitrogens with zero attached hydrogens (tertiary/aromatic N) is 1. The maximum atomic E-state index is 5.70. The standard InChI is InChI=1S/C11H22ClN/c1-11(7-6-8-12)13-9-4-2-3-5-10-13/h11H,2-10H2,1H3. The first-order chi connectivity index (χ1) is 6.34. The van der Waals surface area contributed by atoms with Gasteiger partial charge >= 0.3 is 0 Å². The molecule has 13 heavy (non-hydrogen) atoms. The topological polar surface area (TPSA) is 3.24 Å². The molecule has 1 atom stereocenters. The van der Waals surface area contributed by atoms with Gasteiger partial charge in [-0.1, -0.05) is 12.8 Å². The smallest absolute Gasteiger partial charge is 0.0224 e. The third-order valence-corrected chi connectivity index (χ3v) is 3.29. The number of hydrogen-bond acceptors (Lipinski definition) is 1. The summed E-state index contributed by atoms with van der Waals surface area (Å²) >= 11 is 5.70. The highest BCUT2D eigenvalue weighted by atomic mass is 35.5. The van der Waals surface area contributed by atoms with E-state index in [1.807, 2.05) is 0 Å². The molecule has 1 saturated heterocycles. The van der Waals surface area contributed by atoms with Crippen LogP contribution >= 0.6 is 11.6 Å². The highest BCUT2D eigenvalue weighted by Gasteiger charge is 2.14. The Labute approximate surface area is 87.4 Å². The molecule has 0 amide bonds. The summed E-state index contributed by atoms with van der Waals surface area (Å²) in [7, 11) is 0. The molecule has 78 valence electrons. The van der Waals surface area contributed by atoms with Gasteiger partial charge in [-0.25, -0.2) is 0 Å². The molecule has 0 aliphatic carbocycles. The molecule has 0 radical (unpaired) electrons. The monoisotopic (exact) mass is 203 g/mol. The van der Waals surface area contributed by atoms with Crippen LogP contribution in [-0.2, 0) is 0 Å². The van der Waals surface area contributed by atoms with Crippen molar-refractivity contribution in [3.63, 3.8) is 0 Å². The van der Waals surface area contributed by atoms with Crippen molar-refractivity contribution in [2.45, 2.75) is 51.5 Å². The maximum absolute atomic E-state index is 5.70. The van der Waals surface area contributed by atoms with E-state index >= 15 is 0 Å². The van der Waals surface area contributed by atoms with Gasteiger partial charge in [-0.15, -0.1) is 11.6 Å². The van der Waals surface area contributed by atoms with Crippen LogP contribution < -0.4 is 0 Å². The van der Waals surface area contributed by atoms with Crippen LogP contribution in [0.2, 0.25) is 0 Å². The molecule has 0 aromatic carbocycles. The quantitative estimate of drug-likeness (QED) is 0.634. The second kappa shape index (κ2) is 6.67. The van der Waals surface area contributed by atoms with Crippen LogP contribution in [0.15, 0.2) is 0 Å². The van der Waals surface area contributed by atoms with Crippen molar-refractivity contribution in [1.29, 1.82) is 0 Å². The lowest BCUT2D eigenvalue weighted by atomic mass is 10.1. The molecular weight excluding hydrogens is 182 g/mol. The molecule has 1 nitrogen and oxygen atoms in total. The summed E-state index contributed by atoms with van der Waals surface area (Å²) in [5, 5.41) is 0. The van der Waals surface area contributed by atoms with Gasteiger partial charge in [0.1, 0.15) is 0 Å². The van der Waals surface area contributed by atoms with E-state index in [2.05, 4.69) is 11.8 Å². The molecule has 0 saturated carbocycles. The van der Waals surface area contributed by atoms with Crippen LogP contribution in [0, 0.1) is 0 Å². The molecule has 0 bridgehead atoms. The van der Waals surface area contributed by atoms with Gasteiger partial charge in [0.15, 0.2) is 0 Å². The first-order valence-corrected chi connectivity index (χ1v) is 6.18. The molecule has 1 rings (SSSR count).